The smallest absolute Gasteiger partial charge is 0.303 e. The zero-order valence-corrected chi connectivity index (χ0v) is 19.0. The number of thiol groups is 1. The second-order valence-corrected chi connectivity index (χ2v) is 7.95. The van der Waals surface area contributed by atoms with Crippen LogP contribution in [0.2, 0.25) is 5.02 Å². The molecule has 0 radical (unpaired) electrons. The molecule has 0 aliphatic carbocycles. The van der Waals surface area contributed by atoms with Crippen molar-refractivity contribution in [2.24, 2.45) is 0 Å². The quantitative estimate of drug-likeness (QED) is 0.360. The SMILES string of the molecule is CC(=O)OC[C@H]1O[C@](S)(C(C)=O)[C@H](Oc2ccc(Cl)cc2)[C@@H](OC(C)=O)[C@H]1OC(C)=O. The molecule has 1 saturated heterocycles. The molecule has 1 aromatic carbocycles. The van der Waals surface area contributed by atoms with Gasteiger partial charge in [0.05, 0.1) is 0 Å². The number of ether oxygens (including phenoxy) is 5. The van der Waals surface area contributed by atoms with Crippen LogP contribution in [0.25, 0.3) is 0 Å². The molecule has 0 spiro atoms. The summed E-state index contributed by atoms with van der Waals surface area (Å²) in [5, 5.41) is 0.451. The van der Waals surface area contributed by atoms with Crippen molar-refractivity contribution in [2.75, 3.05) is 6.61 Å². The van der Waals surface area contributed by atoms with Crippen LogP contribution in [-0.2, 0) is 38.1 Å². The standard InChI is InChI=1S/C20H23ClO9S/c1-10(22)20(31)19(29-15-7-5-14(21)6-8-15)18(28-13(4)25)17(27-12(3)24)16(30-20)9-26-11(2)23/h5-8,16-19,31H,9H2,1-4H3/t16-,17+,18+,19-,20+/m1/s1. The number of benzene rings is 1. The molecule has 0 saturated carbocycles. The Morgan fingerprint density at radius 2 is 1.52 bits per heavy atom. The third kappa shape index (κ3) is 6.34. The van der Waals surface area contributed by atoms with Gasteiger partial charge in [-0.15, -0.1) is 12.6 Å². The summed E-state index contributed by atoms with van der Waals surface area (Å²) in [6.07, 6.45) is -5.05. The van der Waals surface area contributed by atoms with Gasteiger partial charge in [0.2, 0.25) is 4.93 Å². The van der Waals surface area contributed by atoms with Gasteiger partial charge in [-0.1, -0.05) is 11.6 Å². The molecule has 2 rings (SSSR count). The molecule has 1 fully saturated rings. The van der Waals surface area contributed by atoms with Crippen LogP contribution in [0.4, 0.5) is 0 Å². The number of ketones is 1. The Labute approximate surface area is 189 Å². The Balaban J connectivity index is 2.53. The minimum Gasteiger partial charge on any atom is -0.482 e. The van der Waals surface area contributed by atoms with E-state index in [1.165, 1.54) is 26.0 Å². The van der Waals surface area contributed by atoms with Gasteiger partial charge in [-0.3, -0.25) is 19.2 Å². The minimum absolute atomic E-state index is 0.273. The lowest BCUT2D eigenvalue weighted by atomic mass is 9.91. The topological polar surface area (TPSA) is 114 Å². The first-order valence-electron chi connectivity index (χ1n) is 9.25. The van der Waals surface area contributed by atoms with Gasteiger partial charge in [0.25, 0.3) is 0 Å². The number of carbonyl (C=O) groups excluding carboxylic acids is 4. The molecule has 5 atom stereocenters. The Hall–Kier alpha value is -2.30. The number of halogens is 1. The molecule has 31 heavy (non-hydrogen) atoms. The highest BCUT2D eigenvalue weighted by Gasteiger charge is 2.60. The average Bonchev–Trinajstić information content (AvgIpc) is 2.66. The molecule has 170 valence electrons. The first kappa shape index (κ1) is 25.0. The summed E-state index contributed by atoms with van der Waals surface area (Å²) in [6.45, 7) is 4.31. The van der Waals surface area contributed by atoms with Crippen molar-refractivity contribution >= 4 is 47.9 Å². The van der Waals surface area contributed by atoms with Crippen molar-refractivity contribution < 1.29 is 42.9 Å². The summed E-state index contributed by atoms with van der Waals surface area (Å²) in [6, 6.07) is 6.19. The van der Waals surface area contributed by atoms with E-state index in [0.29, 0.717) is 5.02 Å². The zero-order chi connectivity index (χ0) is 23.3. The van der Waals surface area contributed by atoms with Crippen molar-refractivity contribution in [3.05, 3.63) is 29.3 Å². The number of rotatable bonds is 7. The number of hydrogen-bond acceptors (Lipinski definition) is 10. The molecule has 1 heterocycles. The first-order valence-corrected chi connectivity index (χ1v) is 10.1. The van der Waals surface area contributed by atoms with Crippen molar-refractivity contribution in [1.82, 2.24) is 0 Å². The molecular weight excluding hydrogens is 452 g/mol. The Morgan fingerprint density at radius 3 is 2.00 bits per heavy atom. The predicted molar refractivity (Wildman–Crippen MR) is 111 cm³/mol. The molecule has 11 heteroatoms. The maximum Gasteiger partial charge on any atom is 0.303 e. The largest absolute Gasteiger partial charge is 0.482 e. The van der Waals surface area contributed by atoms with Crippen LogP contribution < -0.4 is 4.74 Å². The highest BCUT2D eigenvalue weighted by Crippen LogP contribution is 2.39. The molecular formula is C20H23ClO9S. The van der Waals surface area contributed by atoms with Gasteiger partial charge in [-0.25, -0.2) is 0 Å². The van der Waals surface area contributed by atoms with E-state index in [2.05, 4.69) is 12.6 Å². The highest BCUT2D eigenvalue weighted by atomic mass is 35.5. The molecule has 1 aliphatic rings. The van der Waals surface area contributed by atoms with Crippen LogP contribution in [-0.4, -0.2) is 59.6 Å². The zero-order valence-electron chi connectivity index (χ0n) is 17.3. The van der Waals surface area contributed by atoms with Crippen molar-refractivity contribution in [3.63, 3.8) is 0 Å². The lowest BCUT2D eigenvalue weighted by Crippen LogP contribution is -2.68. The second kappa shape index (κ2) is 10.3. The lowest BCUT2D eigenvalue weighted by Gasteiger charge is -2.48. The lowest BCUT2D eigenvalue weighted by molar-refractivity contribution is -0.246. The number of Topliss-reactive ketones (excluding diaryl/α,β-unsaturated/α-hetero) is 1. The van der Waals surface area contributed by atoms with Gasteiger partial charge in [-0.05, 0) is 31.2 Å². The summed E-state index contributed by atoms with van der Waals surface area (Å²) in [4.78, 5) is 45.6. The Morgan fingerprint density at radius 1 is 0.968 bits per heavy atom. The van der Waals surface area contributed by atoms with E-state index < -0.39 is 53.0 Å². The van der Waals surface area contributed by atoms with Crippen LogP contribution in [0.1, 0.15) is 27.7 Å². The van der Waals surface area contributed by atoms with Crippen LogP contribution >= 0.6 is 24.2 Å². The normalized spacial score (nSPS) is 27.7. The summed E-state index contributed by atoms with van der Waals surface area (Å²) in [5.74, 6) is -2.35. The fourth-order valence-electron chi connectivity index (χ4n) is 3.04. The molecule has 0 bridgehead atoms. The predicted octanol–water partition coefficient (Wildman–Crippen LogP) is 2.13. The molecule has 0 N–H and O–H groups in total. The van der Waals surface area contributed by atoms with Gasteiger partial charge in [0.1, 0.15) is 18.5 Å². The van der Waals surface area contributed by atoms with E-state index in [-0.39, 0.29) is 12.4 Å². The van der Waals surface area contributed by atoms with E-state index in [1.807, 2.05) is 0 Å². The summed E-state index contributed by atoms with van der Waals surface area (Å²) in [5.41, 5.74) is 0. The number of carbonyl (C=O) groups is 4. The number of esters is 3. The maximum absolute atomic E-state index is 12.6. The summed E-state index contributed by atoms with van der Waals surface area (Å²) < 4.78 is 27.5. The van der Waals surface area contributed by atoms with Crippen molar-refractivity contribution in [3.8, 4) is 5.75 Å². The van der Waals surface area contributed by atoms with E-state index in [4.69, 9.17) is 35.3 Å². The number of hydrogen-bond donors (Lipinski definition) is 1. The van der Waals surface area contributed by atoms with Gasteiger partial charge in [0.15, 0.2) is 24.1 Å². The Kier molecular flexibility index (Phi) is 8.33. The summed E-state index contributed by atoms with van der Waals surface area (Å²) >= 11 is 10.3. The van der Waals surface area contributed by atoms with E-state index in [1.54, 1.807) is 12.1 Å². The molecule has 0 unspecified atom stereocenters. The van der Waals surface area contributed by atoms with Crippen LogP contribution in [0, 0.1) is 0 Å². The second-order valence-electron chi connectivity index (χ2n) is 6.85. The van der Waals surface area contributed by atoms with Crippen molar-refractivity contribution in [2.45, 2.75) is 57.0 Å². The molecule has 1 aliphatic heterocycles. The fraction of sp³-hybridized carbons (Fsp3) is 0.500. The third-order valence-corrected chi connectivity index (χ3v) is 5.27. The first-order chi connectivity index (χ1) is 14.4. The van der Waals surface area contributed by atoms with Crippen LogP contribution in [0.5, 0.6) is 5.75 Å². The van der Waals surface area contributed by atoms with Gasteiger partial charge in [-0.2, -0.15) is 0 Å². The minimum atomic E-state index is -1.93. The summed E-state index contributed by atoms with van der Waals surface area (Å²) in [7, 11) is 0. The van der Waals surface area contributed by atoms with E-state index >= 15 is 0 Å². The van der Waals surface area contributed by atoms with Crippen LogP contribution in [0.15, 0.2) is 24.3 Å². The van der Waals surface area contributed by atoms with Gasteiger partial charge in [0, 0.05) is 25.8 Å². The van der Waals surface area contributed by atoms with E-state index in [0.717, 1.165) is 13.8 Å². The maximum atomic E-state index is 12.6. The van der Waals surface area contributed by atoms with E-state index in [9.17, 15) is 19.2 Å². The van der Waals surface area contributed by atoms with Crippen LogP contribution in [0.3, 0.4) is 0 Å². The average molecular weight is 475 g/mol. The third-order valence-electron chi connectivity index (χ3n) is 4.34. The van der Waals surface area contributed by atoms with Gasteiger partial charge < -0.3 is 23.7 Å². The molecule has 9 nitrogen and oxygen atoms in total. The Bertz CT molecular complexity index is 844. The fourth-order valence-corrected chi connectivity index (χ4v) is 3.51. The molecule has 0 amide bonds. The molecule has 0 aromatic heterocycles. The monoisotopic (exact) mass is 474 g/mol. The van der Waals surface area contributed by atoms with Gasteiger partial charge >= 0.3 is 17.9 Å². The molecule has 1 aromatic rings. The highest BCUT2D eigenvalue weighted by molar-refractivity contribution is 7.82. The van der Waals surface area contributed by atoms with Crippen molar-refractivity contribution in [1.29, 1.82) is 0 Å².